The molecule has 2 aliphatic rings. The Morgan fingerprint density at radius 2 is 1.75 bits per heavy atom. The van der Waals surface area contributed by atoms with Gasteiger partial charge in [-0.25, -0.2) is 12.8 Å². The molecular formula is C20H31FN3O3S+. The van der Waals surface area contributed by atoms with Crippen molar-refractivity contribution in [1.29, 1.82) is 0 Å². The molecule has 1 aromatic rings. The fraction of sp³-hybridized carbons (Fsp3) is 0.650. The number of halogens is 1. The van der Waals surface area contributed by atoms with Crippen LogP contribution >= 0.6 is 0 Å². The van der Waals surface area contributed by atoms with Crippen molar-refractivity contribution in [2.24, 2.45) is 5.92 Å². The van der Waals surface area contributed by atoms with Gasteiger partial charge in [-0.2, -0.15) is 4.31 Å². The number of benzene rings is 1. The Morgan fingerprint density at radius 3 is 2.39 bits per heavy atom. The van der Waals surface area contributed by atoms with Crippen LogP contribution in [0.25, 0.3) is 0 Å². The molecule has 8 heteroatoms. The molecule has 0 atom stereocenters. The Hall–Kier alpha value is -1.51. The maximum atomic E-state index is 13.0. The van der Waals surface area contributed by atoms with Gasteiger partial charge in [-0.15, -0.1) is 0 Å². The number of amides is 1. The highest BCUT2D eigenvalue weighted by Crippen LogP contribution is 2.24. The quantitative estimate of drug-likeness (QED) is 0.651. The average Bonchev–Trinajstić information content (AvgIpc) is 2.72. The van der Waals surface area contributed by atoms with Crippen LogP contribution in [-0.2, 0) is 14.8 Å². The maximum Gasteiger partial charge on any atom is 0.243 e. The molecule has 1 amide bonds. The smallest absolute Gasteiger partial charge is 0.243 e. The van der Waals surface area contributed by atoms with E-state index in [2.05, 4.69) is 5.32 Å². The lowest BCUT2D eigenvalue weighted by Crippen LogP contribution is -3.12. The van der Waals surface area contributed by atoms with E-state index in [1.807, 2.05) is 0 Å². The monoisotopic (exact) mass is 412 g/mol. The van der Waals surface area contributed by atoms with Crippen molar-refractivity contribution in [3.05, 3.63) is 30.1 Å². The van der Waals surface area contributed by atoms with E-state index in [1.165, 1.54) is 48.8 Å². The lowest BCUT2D eigenvalue weighted by atomic mass is 9.97. The van der Waals surface area contributed by atoms with Gasteiger partial charge in [0.05, 0.1) is 24.5 Å². The Kier molecular flexibility index (Phi) is 7.42. The van der Waals surface area contributed by atoms with Gasteiger partial charge in [0, 0.05) is 32.0 Å². The van der Waals surface area contributed by atoms with Crippen LogP contribution < -0.4 is 10.2 Å². The van der Waals surface area contributed by atoms with Gasteiger partial charge in [-0.3, -0.25) is 4.79 Å². The van der Waals surface area contributed by atoms with E-state index in [1.54, 1.807) is 4.90 Å². The van der Waals surface area contributed by atoms with Crippen LogP contribution in [0.3, 0.4) is 0 Å². The molecule has 0 aromatic heterocycles. The second-order valence-corrected chi connectivity index (χ2v) is 9.78. The molecule has 0 aliphatic carbocycles. The van der Waals surface area contributed by atoms with Gasteiger partial charge in [0.1, 0.15) is 5.82 Å². The molecule has 156 valence electrons. The van der Waals surface area contributed by atoms with Crippen molar-refractivity contribution in [2.45, 2.75) is 43.4 Å². The van der Waals surface area contributed by atoms with Gasteiger partial charge >= 0.3 is 0 Å². The molecule has 28 heavy (non-hydrogen) atoms. The van der Waals surface area contributed by atoms with Crippen LogP contribution in [0.5, 0.6) is 0 Å². The number of nitrogens with zero attached hydrogens (tertiary/aromatic N) is 1. The number of hydrogen-bond donors (Lipinski definition) is 2. The Balaban J connectivity index is 1.40. The molecule has 1 aromatic carbocycles. The van der Waals surface area contributed by atoms with Crippen molar-refractivity contribution < 1.29 is 22.5 Å². The highest BCUT2D eigenvalue weighted by Gasteiger charge is 2.32. The van der Waals surface area contributed by atoms with Crippen molar-refractivity contribution in [2.75, 3.05) is 39.3 Å². The standard InChI is InChI=1S/C20H30FN3O3S/c21-18-5-7-19(8-6-18)28(26,27)24-15-9-17(10-16-24)20(25)22-11-4-14-23-12-2-1-3-13-23/h5-8,17H,1-4,9-16H2,(H,22,25)/p+1. The first-order chi connectivity index (χ1) is 13.5. The molecule has 2 fully saturated rings. The number of nitrogens with one attached hydrogen (secondary N) is 2. The van der Waals surface area contributed by atoms with Crippen LogP contribution in [0, 0.1) is 11.7 Å². The third kappa shape index (κ3) is 5.52. The fourth-order valence-electron chi connectivity index (χ4n) is 4.11. The zero-order chi connectivity index (χ0) is 20.0. The first-order valence-electron chi connectivity index (χ1n) is 10.3. The number of carbonyl (C=O) groups excluding carboxylic acids is 1. The zero-order valence-electron chi connectivity index (χ0n) is 16.3. The molecule has 0 spiro atoms. The molecule has 2 heterocycles. The number of carbonyl (C=O) groups is 1. The van der Waals surface area contributed by atoms with E-state index in [-0.39, 0.29) is 16.7 Å². The number of hydrogen-bond acceptors (Lipinski definition) is 3. The SMILES string of the molecule is O=C(NCCC[NH+]1CCCCC1)C1CCN(S(=O)(=O)c2ccc(F)cc2)CC1. The summed E-state index contributed by atoms with van der Waals surface area (Å²) >= 11 is 0. The van der Waals surface area contributed by atoms with E-state index in [4.69, 9.17) is 0 Å². The summed E-state index contributed by atoms with van der Waals surface area (Å²) in [5.41, 5.74) is 0. The summed E-state index contributed by atoms with van der Waals surface area (Å²) in [6, 6.07) is 4.87. The minimum Gasteiger partial charge on any atom is -0.356 e. The minimum atomic E-state index is -3.63. The van der Waals surface area contributed by atoms with Crippen molar-refractivity contribution in [3.63, 3.8) is 0 Å². The molecule has 0 radical (unpaired) electrons. The molecule has 0 saturated carbocycles. The zero-order valence-corrected chi connectivity index (χ0v) is 17.1. The molecule has 2 N–H and O–H groups in total. The summed E-state index contributed by atoms with van der Waals surface area (Å²) in [7, 11) is -3.63. The average molecular weight is 413 g/mol. The van der Waals surface area contributed by atoms with Crippen LogP contribution in [0.4, 0.5) is 4.39 Å². The molecule has 2 saturated heterocycles. The third-order valence-electron chi connectivity index (χ3n) is 5.84. The summed E-state index contributed by atoms with van der Waals surface area (Å²) < 4.78 is 39.7. The van der Waals surface area contributed by atoms with Crippen molar-refractivity contribution in [3.8, 4) is 0 Å². The van der Waals surface area contributed by atoms with Crippen molar-refractivity contribution in [1.82, 2.24) is 9.62 Å². The van der Waals surface area contributed by atoms with Gasteiger partial charge < -0.3 is 10.2 Å². The summed E-state index contributed by atoms with van der Waals surface area (Å²) in [5.74, 6) is -0.564. The number of quaternary nitrogens is 1. The van der Waals surface area contributed by atoms with Gasteiger partial charge in [-0.05, 0) is 56.4 Å². The van der Waals surface area contributed by atoms with Gasteiger partial charge in [0.15, 0.2) is 0 Å². The normalized spacial score (nSPS) is 20.2. The van der Waals surface area contributed by atoms with Crippen LogP contribution in [0.1, 0.15) is 38.5 Å². The predicted molar refractivity (Wildman–Crippen MR) is 105 cm³/mol. The highest BCUT2D eigenvalue weighted by atomic mass is 32.2. The Labute approximate surface area is 167 Å². The molecule has 0 unspecified atom stereocenters. The minimum absolute atomic E-state index is 0.0347. The van der Waals surface area contributed by atoms with Crippen LogP contribution in [0.2, 0.25) is 0 Å². The first kappa shape index (κ1) is 21.2. The van der Waals surface area contributed by atoms with Gasteiger partial charge in [0.2, 0.25) is 15.9 Å². The number of sulfonamides is 1. The second kappa shape index (κ2) is 9.80. The number of piperidine rings is 2. The van der Waals surface area contributed by atoms with E-state index in [0.717, 1.165) is 25.1 Å². The van der Waals surface area contributed by atoms with Gasteiger partial charge in [0.25, 0.3) is 0 Å². The molecule has 3 rings (SSSR count). The topological polar surface area (TPSA) is 70.9 Å². The molecular weight excluding hydrogens is 381 g/mol. The summed E-state index contributed by atoms with van der Waals surface area (Å²) in [4.78, 5) is 14.1. The Morgan fingerprint density at radius 1 is 1.11 bits per heavy atom. The Bertz CT molecular complexity index is 740. The van der Waals surface area contributed by atoms with E-state index in [9.17, 15) is 17.6 Å². The summed E-state index contributed by atoms with van der Waals surface area (Å²) in [6.45, 7) is 4.92. The van der Waals surface area contributed by atoms with Crippen LogP contribution in [0.15, 0.2) is 29.2 Å². The first-order valence-corrected chi connectivity index (χ1v) is 11.8. The molecule has 0 bridgehead atoms. The lowest BCUT2D eigenvalue weighted by molar-refractivity contribution is -0.904. The summed E-state index contributed by atoms with van der Waals surface area (Å²) in [6.07, 6.45) is 5.98. The maximum absolute atomic E-state index is 13.0. The largest absolute Gasteiger partial charge is 0.356 e. The van der Waals surface area contributed by atoms with E-state index in [0.29, 0.717) is 32.5 Å². The third-order valence-corrected chi connectivity index (χ3v) is 7.76. The fourth-order valence-corrected chi connectivity index (χ4v) is 5.58. The van der Waals surface area contributed by atoms with Gasteiger partial charge in [-0.1, -0.05) is 0 Å². The number of likely N-dealkylation sites (tertiary alicyclic amines) is 1. The molecule has 6 nitrogen and oxygen atoms in total. The van der Waals surface area contributed by atoms with E-state index < -0.39 is 15.8 Å². The second-order valence-electron chi connectivity index (χ2n) is 7.84. The number of rotatable bonds is 7. The summed E-state index contributed by atoms with van der Waals surface area (Å²) in [5, 5.41) is 3.02. The predicted octanol–water partition coefficient (Wildman–Crippen LogP) is 0.802. The van der Waals surface area contributed by atoms with E-state index >= 15 is 0 Å². The molecule has 2 aliphatic heterocycles. The highest BCUT2D eigenvalue weighted by molar-refractivity contribution is 7.89. The van der Waals surface area contributed by atoms with Crippen molar-refractivity contribution >= 4 is 15.9 Å². The van der Waals surface area contributed by atoms with Crippen LogP contribution in [-0.4, -0.2) is 57.9 Å². The lowest BCUT2D eigenvalue weighted by Gasteiger charge is -2.30.